The highest BCUT2D eigenvalue weighted by Gasteiger charge is 2.24. The molecule has 0 amide bonds. The number of hydrogen-bond acceptors (Lipinski definition) is 4. The van der Waals surface area contributed by atoms with E-state index in [1.54, 1.807) is 24.3 Å². The monoisotopic (exact) mass is 270 g/mol. The number of nitrogens with two attached hydrogens (primary N) is 1. The number of nitriles is 1. The maximum atomic E-state index is 13.3. The van der Waals surface area contributed by atoms with E-state index in [0.717, 1.165) is 23.0 Å². The zero-order chi connectivity index (χ0) is 14.1. The maximum Gasteiger partial charge on any atom is 0.126 e. The van der Waals surface area contributed by atoms with Crippen molar-refractivity contribution in [1.82, 2.24) is 4.98 Å². The van der Waals surface area contributed by atoms with E-state index in [9.17, 15) is 4.39 Å². The first kappa shape index (κ1) is 12.7. The number of alkyl halides is 1. The first-order valence-electron chi connectivity index (χ1n) is 6.66. The van der Waals surface area contributed by atoms with Crippen LogP contribution in [-0.4, -0.2) is 17.2 Å². The largest absolute Gasteiger partial charge is 0.384 e. The van der Waals surface area contributed by atoms with E-state index in [2.05, 4.69) is 16.4 Å². The predicted octanol–water partition coefficient (Wildman–Crippen LogP) is 2.99. The lowest BCUT2D eigenvalue weighted by molar-refractivity contribution is 0.341. The van der Waals surface area contributed by atoms with Crippen LogP contribution in [0.5, 0.6) is 0 Å². The molecule has 5 heteroatoms. The average Bonchev–Trinajstić information content (AvgIpc) is 2.83. The fourth-order valence-electron chi connectivity index (χ4n) is 2.71. The Kier molecular flexibility index (Phi) is 3.15. The van der Waals surface area contributed by atoms with Gasteiger partial charge in [-0.15, -0.1) is 0 Å². The number of nitrogens with one attached hydrogen (secondary N) is 1. The lowest BCUT2D eigenvalue weighted by Gasteiger charge is -2.16. The molecular weight excluding hydrogens is 255 g/mol. The van der Waals surface area contributed by atoms with Gasteiger partial charge in [0.2, 0.25) is 0 Å². The van der Waals surface area contributed by atoms with E-state index in [-0.39, 0.29) is 6.04 Å². The number of nitrogen functional groups attached to an aromatic ring is 1. The van der Waals surface area contributed by atoms with E-state index in [1.165, 1.54) is 0 Å². The Labute approximate surface area is 116 Å². The van der Waals surface area contributed by atoms with E-state index in [0.29, 0.717) is 24.2 Å². The van der Waals surface area contributed by atoms with Crippen molar-refractivity contribution in [3.05, 3.63) is 29.8 Å². The molecule has 1 aliphatic rings. The lowest BCUT2D eigenvalue weighted by Crippen LogP contribution is -2.16. The highest BCUT2D eigenvalue weighted by Crippen LogP contribution is 2.30. The molecule has 2 atom stereocenters. The molecule has 0 bridgehead atoms. The summed E-state index contributed by atoms with van der Waals surface area (Å²) in [5.41, 5.74) is 7.94. The van der Waals surface area contributed by atoms with Crippen molar-refractivity contribution in [2.45, 2.75) is 31.5 Å². The van der Waals surface area contributed by atoms with Crippen LogP contribution in [-0.2, 0) is 0 Å². The third kappa shape index (κ3) is 2.37. The Morgan fingerprint density at radius 2 is 2.20 bits per heavy atom. The first-order valence-corrected chi connectivity index (χ1v) is 6.66. The molecule has 20 heavy (non-hydrogen) atoms. The number of pyridine rings is 1. The van der Waals surface area contributed by atoms with Crippen molar-refractivity contribution in [2.75, 3.05) is 11.1 Å². The molecule has 1 heterocycles. The van der Waals surface area contributed by atoms with Gasteiger partial charge in [0, 0.05) is 23.2 Å². The predicted molar refractivity (Wildman–Crippen MR) is 77.0 cm³/mol. The number of nitrogens with zero attached hydrogens (tertiary/aromatic N) is 2. The summed E-state index contributed by atoms with van der Waals surface area (Å²) in [7, 11) is 0. The number of hydrogen-bond donors (Lipinski definition) is 2. The number of benzene rings is 1. The second-order valence-corrected chi connectivity index (χ2v) is 5.19. The Morgan fingerprint density at radius 3 is 2.90 bits per heavy atom. The van der Waals surface area contributed by atoms with Gasteiger partial charge in [0.1, 0.15) is 12.0 Å². The lowest BCUT2D eigenvalue weighted by atomic mass is 10.1. The number of rotatable bonds is 2. The van der Waals surface area contributed by atoms with Gasteiger partial charge in [0.25, 0.3) is 0 Å². The van der Waals surface area contributed by atoms with Gasteiger partial charge in [-0.3, -0.25) is 0 Å². The zero-order valence-corrected chi connectivity index (χ0v) is 10.9. The number of aromatic nitrogens is 1. The zero-order valence-electron chi connectivity index (χ0n) is 10.9. The minimum atomic E-state index is -0.729. The molecule has 1 fully saturated rings. The molecule has 0 radical (unpaired) electrons. The smallest absolute Gasteiger partial charge is 0.126 e. The van der Waals surface area contributed by atoms with Crippen LogP contribution < -0.4 is 11.1 Å². The van der Waals surface area contributed by atoms with Crippen LogP contribution in [0.2, 0.25) is 0 Å². The van der Waals surface area contributed by atoms with E-state index in [4.69, 9.17) is 11.0 Å². The molecule has 0 unspecified atom stereocenters. The fraction of sp³-hybridized carbons (Fsp3) is 0.333. The van der Waals surface area contributed by atoms with Gasteiger partial charge in [-0.05, 0) is 37.5 Å². The Morgan fingerprint density at radius 1 is 1.35 bits per heavy atom. The summed E-state index contributed by atoms with van der Waals surface area (Å²) in [6, 6.07) is 9.25. The highest BCUT2D eigenvalue weighted by molar-refractivity contribution is 5.93. The molecule has 0 aliphatic heterocycles. The second kappa shape index (κ2) is 4.97. The molecule has 0 saturated heterocycles. The van der Waals surface area contributed by atoms with Crippen LogP contribution in [0, 0.1) is 11.3 Å². The summed E-state index contributed by atoms with van der Waals surface area (Å²) in [6.45, 7) is 0. The van der Waals surface area contributed by atoms with Crippen LogP contribution in [0.1, 0.15) is 24.8 Å². The van der Waals surface area contributed by atoms with Crippen molar-refractivity contribution in [3.63, 3.8) is 0 Å². The molecular formula is C15H15FN4. The Balaban J connectivity index is 2.02. The summed E-state index contributed by atoms with van der Waals surface area (Å²) in [5, 5.41) is 13.2. The van der Waals surface area contributed by atoms with Crippen molar-refractivity contribution in [3.8, 4) is 6.07 Å². The van der Waals surface area contributed by atoms with Crippen LogP contribution in [0.3, 0.4) is 0 Å². The van der Waals surface area contributed by atoms with Gasteiger partial charge in [-0.2, -0.15) is 5.26 Å². The molecule has 1 saturated carbocycles. The normalized spacial score (nSPS) is 21.8. The molecule has 1 aliphatic carbocycles. The summed E-state index contributed by atoms with van der Waals surface area (Å²) < 4.78 is 13.3. The van der Waals surface area contributed by atoms with Crippen LogP contribution in [0.15, 0.2) is 24.3 Å². The number of anilines is 2. The van der Waals surface area contributed by atoms with Crippen molar-refractivity contribution < 1.29 is 4.39 Å². The molecule has 1 aromatic heterocycles. The highest BCUT2D eigenvalue weighted by atomic mass is 19.1. The van der Waals surface area contributed by atoms with E-state index >= 15 is 0 Å². The first-order chi connectivity index (χ1) is 9.65. The molecule has 0 spiro atoms. The number of fused-ring (bicyclic) bond motifs is 1. The molecule has 102 valence electrons. The van der Waals surface area contributed by atoms with Crippen LogP contribution in [0.25, 0.3) is 10.9 Å². The molecule has 4 nitrogen and oxygen atoms in total. The summed E-state index contributed by atoms with van der Waals surface area (Å²) in [5.74, 6) is 0.416. The van der Waals surface area contributed by atoms with Gasteiger partial charge in [0.15, 0.2) is 0 Å². The standard InChI is InChI=1S/C15H15FN4/c16-10-2-3-11(6-10)19-14-7-15(18)20-13-4-1-9(8-17)5-12(13)14/h1,4-5,7,10-11H,2-3,6H2,(H3,18,19,20)/t10-,11+/m1/s1. The molecule has 2 aromatic rings. The third-order valence-electron chi connectivity index (χ3n) is 3.69. The van der Waals surface area contributed by atoms with Gasteiger partial charge in [-0.25, -0.2) is 9.37 Å². The van der Waals surface area contributed by atoms with Crippen molar-refractivity contribution in [1.29, 1.82) is 5.26 Å². The molecule has 3 N–H and O–H groups in total. The minimum Gasteiger partial charge on any atom is -0.384 e. The third-order valence-corrected chi connectivity index (χ3v) is 3.69. The summed E-state index contributed by atoms with van der Waals surface area (Å²) in [6.07, 6.45) is 1.19. The second-order valence-electron chi connectivity index (χ2n) is 5.19. The maximum absolute atomic E-state index is 13.3. The molecule has 1 aromatic carbocycles. The van der Waals surface area contributed by atoms with Crippen LogP contribution >= 0.6 is 0 Å². The van der Waals surface area contributed by atoms with Crippen LogP contribution in [0.4, 0.5) is 15.9 Å². The molecule has 3 rings (SSSR count). The summed E-state index contributed by atoms with van der Waals surface area (Å²) >= 11 is 0. The van der Waals surface area contributed by atoms with Crippen molar-refractivity contribution in [2.24, 2.45) is 0 Å². The minimum absolute atomic E-state index is 0.112. The Hall–Kier alpha value is -2.35. The van der Waals surface area contributed by atoms with Gasteiger partial charge < -0.3 is 11.1 Å². The van der Waals surface area contributed by atoms with E-state index < -0.39 is 6.17 Å². The van der Waals surface area contributed by atoms with Crippen molar-refractivity contribution >= 4 is 22.4 Å². The fourth-order valence-corrected chi connectivity index (χ4v) is 2.71. The topological polar surface area (TPSA) is 74.7 Å². The van der Waals surface area contributed by atoms with Gasteiger partial charge in [0.05, 0.1) is 17.1 Å². The Bertz CT molecular complexity index is 692. The van der Waals surface area contributed by atoms with Gasteiger partial charge in [-0.1, -0.05) is 0 Å². The average molecular weight is 270 g/mol. The van der Waals surface area contributed by atoms with Gasteiger partial charge >= 0.3 is 0 Å². The number of halogens is 1. The summed E-state index contributed by atoms with van der Waals surface area (Å²) in [4.78, 5) is 4.26. The quantitative estimate of drug-likeness (QED) is 0.879. The van der Waals surface area contributed by atoms with E-state index in [1.807, 2.05) is 0 Å². The SMILES string of the molecule is N#Cc1ccc2nc(N)cc(N[C@H]3CC[C@@H](F)C3)c2c1.